The molecule has 1 aliphatic heterocycles. The summed E-state index contributed by atoms with van der Waals surface area (Å²) in [5.74, 6) is 0. The smallest absolute Gasteiger partial charge is 0.200 e. The van der Waals surface area contributed by atoms with Crippen molar-refractivity contribution in [1.29, 1.82) is 0 Å². The Hall–Kier alpha value is -1.96. The topological polar surface area (TPSA) is 72.2 Å². The van der Waals surface area contributed by atoms with Crippen molar-refractivity contribution >= 4 is 37.2 Å². The summed E-state index contributed by atoms with van der Waals surface area (Å²) in [5, 5.41) is 5.74. The zero-order chi connectivity index (χ0) is 17.9. The summed E-state index contributed by atoms with van der Waals surface area (Å²) in [6.07, 6.45) is 0.604. The van der Waals surface area contributed by atoms with Gasteiger partial charge in [0.1, 0.15) is 14.1 Å². The average molecular weight is 364 g/mol. The molecule has 0 fully saturated rings. The molecule has 128 valence electrons. The van der Waals surface area contributed by atoms with Crippen molar-refractivity contribution in [2.45, 2.75) is 0 Å². The molecular formula is C17H20N2O3S2. The Balaban J connectivity index is 0.000000368. The number of fused-ring (bicyclic) bond motifs is 2. The second-order valence-electron chi connectivity index (χ2n) is 5.57. The average Bonchev–Trinajstić information content (AvgIpc) is 2.50. The van der Waals surface area contributed by atoms with E-state index in [1.54, 1.807) is 0 Å². The van der Waals surface area contributed by atoms with Gasteiger partial charge in [0.05, 0.1) is 10.1 Å². The van der Waals surface area contributed by atoms with Crippen LogP contribution in [-0.4, -0.2) is 40.4 Å². The van der Waals surface area contributed by atoms with E-state index in [-0.39, 0.29) is 0 Å². The second kappa shape index (κ2) is 7.29. The van der Waals surface area contributed by atoms with Crippen LogP contribution in [-0.2, 0) is 10.1 Å². The van der Waals surface area contributed by atoms with E-state index in [1.165, 1.54) is 25.9 Å². The Kier molecular flexibility index (Phi) is 5.58. The first-order valence-corrected chi connectivity index (χ1v) is 9.87. The molecule has 2 aliphatic rings. The molecule has 24 heavy (non-hydrogen) atoms. The minimum atomic E-state index is -3.92. The van der Waals surface area contributed by atoms with Crippen molar-refractivity contribution in [3.05, 3.63) is 47.8 Å². The van der Waals surface area contributed by atoms with Gasteiger partial charge in [-0.1, -0.05) is 6.07 Å². The first-order valence-electron chi connectivity index (χ1n) is 7.24. The van der Waals surface area contributed by atoms with Gasteiger partial charge in [-0.25, -0.2) is 13.0 Å². The molecule has 0 atom stereocenters. The van der Waals surface area contributed by atoms with Gasteiger partial charge < -0.3 is 9.87 Å². The van der Waals surface area contributed by atoms with Crippen LogP contribution in [0.4, 0.5) is 5.69 Å². The highest BCUT2D eigenvalue weighted by Crippen LogP contribution is 2.33. The van der Waals surface area contributed by atoms with Crippen LogP contribution >= 0.6 is 11.3 Å². The molecule has 0 spiro atoms. The third kappa shape index (κ3) is 5.02. The van der Waals surface area contributed by atoms with Crippen molar-refractivity contribution in [3.8, 4) is 10.4 Å². The summed E-state index contributed by atoms with van der Waals surface area (Å²) in [6.45, 7) is 0. The third-order valence-corrected chi connectivity index (χ3v) is 4.49. The maximum Gasteiger partial charge on any atom is 0.200 e. The summed E-state index contributed by atoms with van der Waals surface area (Å²) in [7, 11) is 2.19. The Morgan fingerprint density at radius 2 is 1.75 bits per heavy atom. The first kappa shape index (κ1) is 18.4. The molecule has 1 aliphatic carbocycles. The van der Waals surface area contributed by atoms with Gasteiger partial charge in [-0.2, -0.15) is 0 Å². The van der Waals surface area contributed by atoms with Gasteiger partial charge in [0.15, 0.2) is 0 Å². The van der Waals surface area contributed by atoms with Crippen molar-refractivity contribution in [2.75, 3.05) is 32.7 Å². The molecule has 0 aromatic heterocycles. The van der Waals surface area contributed by atoms with Gasteiger partial charge in [-0.15, -0.1) is 11.3 Å². The highest BCUT2D eigenvalue weighted by atomic mass is 32.2. The molecule has 0 saturated carbocycles. The molecule has 7 heteroatoms. The number of nitrogens with one attached hydrogen (secondary N) is 1. The first-order chi connectivity index (χ1) is 11.2. The Labute approximate surface area is 146 Å². The lowest BCUT2D eigenvalue weighted by Gasteiger charge is -2.08. The monoisotopic (exact) mass is 364 g/mol. The summed E-state index contributed by atoms with van der Waals surface area (Å²) >= 11 is 1.85. The van der Waals surface area contributed by atoms with Crippen molar-refractivity contribution in [3.63, 3.8) is 0 Å². The number of benzene rings is 2. The zero-order valence-electron chi connectivity index (χ0n) is 14.0. The molecule has 1 N–H and O–H groups in total. The summed E-state index contributed by atoms with van der Waals surface area (Å²) in [4.78, 5) is 1.33. The molecule has 0 unspecified atom stereocenters. The standard InChI is InChI=1S/C16H16N2S.CH4O3S/c1-17-13-6-4-11-8-12-5-7-14(18(2)3)10-16(12)19-15(11)9-13;1-5(2,3)4/h4-10H,1-3H3;1H3,(H,2,3,4). The van der Waals surface area contributed by atoms with E-state index in [0.717, 1.165) is 5.69 Å². The van der Waals surface area contributed by atoms with Gasteiger partial charge in [-0.3, -0.25) is 0 Å². The molecule has 1 aromatic carbocycles. The number of hydrogen-bond acceptors (Lipinski definition) is 5. The lowest BCUT2D eigenvalue weighted by Crippen LogP contribution is -2.20. The van der Waals surface area contributed by atoms with Crippen LogP contribution in [0.5, 0.6) is 0 Å². The number of nitrogens with zero attached hydrogens (tertiary/aromatic N) is 1. The SMILES string of the molecule is CNc1ccc2cc3ccc(=[N+](C)C)cc-3sc2c1.CS(=O)(=O)[O-]. The van der Waals surface area contributed by atoms with Crippen LogP contribution in [0.1, 0.15) is 0 Å². The maximum atomic E-state index is 9.08. The van der Waals surface area contributed by atoms with Crippen LogP contribution in [0.25, 0.3) is 20.5 Å². The molecule has 1 heterocycles. The molecule has 3 rings (SSSR count). The van der Waals surface area contributed by atoms with Gasteiger partial charge in [-0.05, 0) is 35.2 Å². The largest absolute Gasteiger partial charge is 0.748 e. The predicted octanol–water partition coefficient (Wildman–Crippen LogP) is 2.24. The van der Waals surface area contributed by atoms with Gasteiger partial charge in [0, 0.05) is 40.7 Å². The van der Waals surface area contributed by atoms with Gasteiger partial charge in [0.25, 0.3) is 0 Å². The minimum Gasteiger partial charge on any atom is -0.748 e. The van der Waals surface area contributed by atoms with Crippen molar-refractivity contribution in [2.24, 2.45) is 0 Å². The van der Waals surface area contributed by atoms with E-state index in [9.17, 15) is 0 Å². The Bertz CT molecular complexity index is 996. The number of hydrogen-bond donors (Lipinski definition) is 1. The van der Waals surface area contributed by atoms with E-state index >= 15 is 0 Å². The predicted molar refractivity (Wildman–Crippen MR) is 101 cm³/mol. The van der Waals surface area contributed by atoms with Crippen molar-refractivity contribution < 1.29 is 13.0 Å². The summed E-state index contributed by atoms with van der Waals surface area (Å²) < 4.78 is 30.7. The number of anilines is 1. The molecule has 0 bridgehead atoms. The fraction of sp³-hybridized carbons (Fsp3) is 0.235. The van der Waals surface area contributed by atoms with Crippen LogP contribution in [0, 0.1) is 0 Å². The van der Waals surface area contributed by atoms with Gasteiger partial charge in [0.2, 0.25) is 5.36 Å². The Morgan fingerprint density at radius 3 is 2.33 bits per heavy atom. The molecule has 5 nitrogen and oxygen atoms in total. The van der Waals surface area contributed by atoms with E-state index in [4.69, 9.17) is 13.0 Å². The maximum absolute atomic E-state index is 9.08. The third-order valence-electron chi connectivity index (χ3n) is 3.35. The fourth-order valence-electron chi connectivity index (χ4n) is 2.19. The second-order valence-corrected chi connectivity index (χ2v) is 8.06. The van der Waals surface area contributed by atoms with Gasteiger partial charge >= 0.3 is 0 Å². The van der Waals surface area contributed by atoms with E-state index in [1.807, 2.05) is 18.4 Å². The van der Waals surface area contributed by atoms with Crippen LogP contribution in [0.15, 0.2) is 42.5 Å². The van der Waals surface area contributed by atoms with E-state index in [2.05, 4.69) is 66.5 Å². The van der Waals surface area contributed by atoms with E-state index in [0.29, 0.717) is 6.26 Å². The molecule has 0 amide bonds. The molecular weight excluding hydrogens is 344 g/mol. The van der Waals surface area contributed by atoms with Crippen LogP contribution in [0.3, 0.4) is 0 Å². The normalized spacial score (nSPS) is 11.0. The molecule has 0 saturated heterocycles. The van der Waals surface area contributed by atoms with Crippen LogP contribution in [0.2, 0.25) is 0 Å². The fourth-order valence-corrected chi connectivity index (χ4v) is 3.28. The lowest BCUT2D eigenvalue weighted by atomic mass is 10.1. The highest BCUT2D eigenvalue weighted by Gasteiger charge is 2.07. The quantitative estimate of drug-likeness (QED) is 0.408. The van der Waals surface area contributed by atoms with Crippen LogP contribution < -0.4 is 15.2 Å². The number of rotatable bonds is 1. The molecule has 1 aromatic rings. The minimum absolute atomic E-state index is 0.604. The highest BCUT2D eigenvalue weighted by molar-refractivity contribution is 7.84. The molecule has 0 radical (unpaired) electrons. The lowest BCUT2D eigenvalue weighted by molar-refractivity contribution is 0.470. The van der Waals surface area contributed by atoms with Crippen molar-refractivity contribution in [1.82, 2.24) is 4.58 Å². The van der Waals surface area contributed by atoms with E-state index < -0.39 is 10.1 Å². The summed E-state index contributed by atoms with van der Waals surface area (Å²) in [6, 6.07) is 15.4. The summed E-state index contributed by atoms with van der Waals surface area (Å²) in [5.41, 5.74) is 2.46. The zero-order valence-corrected chi connectivity index (χ0v) is 15.7. The Morgan fingerprint density at radius 1 is 1.08 bits per heavy atom.